The number of unbranched alkanes of at least 4 members (excludes halogenated alkanes) is 2. The SMILES string of the molecule is O=[PH](OCCCNCc1ccc(-c2noc(CCCCc3ccccc3)n2)cc1)OCCCNCc1ccc(-c2noc(CCCCc3ccccc3)n2)cc1. The van der Waals surface area contributed by atoms with Gasteiger partial charge in [-0.15, -0.1) is 0 Å². The predicted octanol–water partition coefficient (Wildman–Crippen LogP) is 9.00. The topological polar surface area (TPSA) is 137 Å². The maximum absolute atomic E-state index is 12.2. The third-order valence-electron chi connectivity index (χ3n) is 9.35. The second kappa shape index (κ2) is 23.3. The highest BCUT2D eigenvalue weighted by atomic mass is 31.1. The number of rotatable bonds is 26. The molecule has 0 spiro atoms. The Morgan fingerprint density at radius 2 is 0.893 bits per heavy atom. The van der Waals surface area contributed by atoms with Gasteiger partial charge in [-0.05, 0) is 86.7 Å². The molecule has 0 saturated carbocycles. The Bertz CT molecular complexity index is 1850. The highest BCUT2D eigenvalue weighted by Gasteiger charge is 2.10. The number of hydrogen-bond donors (Lipinski definition) is 2. The summed E-state index contributed by atoms with van der Waals surface area (Å²) < 4.78 is 33.9. The molecule has 294 valence electrons. The Labute approximate surface area is 330 Å². The molecule has 2 N–H and O–H groups in total. The van der Waals surface area contributed by atoms with Gasteiger partial charge in [-0.1, -0.05) is 120 Å². The Morgan fingerprint density at radius 3 is 1.32 bits per heavy atom. The van der Waals surface area contributed by atoms with Crippen molar-refractivity contribution in [2.75, 3.05) is 26.3 Å². The van der Waals surface area contributed by atoms with Gasteiger partial charge in [0.1, 0.15) is 0 Å². The minimum Gasteiger partial charge on any atom is -0.339 e. The van der Waals surface area contributed by atoms with Crippen LogP contribution in [0.5, 0.6) is 0 Å². The quantitative estimate of drug-likeness (QED) is 0.0403. The molecular formula is C44H53N6O5P. The number of hydrogen-bond acceptors (Lipinski definition) is 11. The summed E-state index contributed by atoms with van der Waals surface area (Å²) in [6.07, 6.45) is 9.33. The molecule has 0 bridgehead atoms. The van der Waals surface area contributed by atoms with Gasteiger partial charge in [-0.3, -0.25) is 4.57 Å². The van der Waals surface area contributed by atoms with Crippen molar-refractivity contribution in [3.8, 4) is 22.8 Å². The van der Waals surface area contributed by atoms with Crippen LogP contribution in [0.15, 0.2) is 118 Å². The summed E-state index contributed by atoms with van der Waals surface area (Å²) in [4.78, 5) is 9.16. The molecule has 56 heavy (non-hydrogen) atoms. The highest BCUT2D eigenvalue weighted by molar-refractivity contribution is 7.33. The Hall–Kier alpha value is -4.77. The molecule has 0 aliphatic carbocycles. The lowest BCUT2D eigenvalue weighted by Crippen LogP contribution is -2.16. The van der Waals surface area contributed by atoms with Crippen molar-refractivity contribution in [3.63, 3.8) is 0 Å². The lowest BCUT2D eigenvalue weighted by atomic mass is 10.1. The van der Waals surface area contributed by atoms with Crippen LogP contribution in [0.25, 0.3) is 22.8 Å². The summed E-state index contributed by atoms with van der Waals surface area (Å²) in [6, 6.07) is 37.4. The molecule has 11 nitrogen and oxygen atoms in total. The first-order valence-corrected chi connectivity index (χ1v) is 21.0. The van der Waals surface area contributed by atoms with Crippen LogP contribution in [0, 0.1) is 0 Å². The molecule has 6 aromatic rings. The molecule has 12 heteroatoms. The van der Waals surface area contributed by atoms with Crippen LogP contribution < -0.4 is 10.6 Å². The van der Waals surface area contributed by atoms with Crippen LogP contribution in [0.3, 0.4) is 0 Å². The fourth-order valence-electron chi connectivity index (χ4n) is 6.20. The third-order valence-corrected chi connectivity index (χ3v) is 10.2. The van der Waals surface area contributed by atoms with Gasteiger partial charge in [0, 0.05) is 37.1 Å². The average Bonchev–Trinajstić information content (AvgIpc) is 3.93. The van der Waals surface area contributed by atoms with Gasteiger partial charge in [0.25, 0.3) is 0 Å². The van der Waals surface area contributed by atoms with Crippen molar-refractivity contribution in [2.24, 2.45) is 0 Å². The van der Waals surface area contributed by atoms with E-state index in [9.17, 15) is 4.57 Å². The molecule has 0 aliphatic heterocycles. The first-order valence-electron chi connectivity index (χ1n) is 19.8. The highest BCUT2D eigenvalue weighted by Crippen LogP contribution is 2.24. The summed E-state index contributed by atoms with van der Waals surface area (Å²) in [5.74, 6) is 2.59. The van der Waals surface area contributed by atoms with Crippen LogP contribution >= 0.6 is 8.25 Å². The number of nitrogens with zero attached hydrogens (tertiary/aromatic N) is 4. The van der Waals surface area contributed by atoms with E-state index in [4.69, 9.17) is 18.1 Å². The van der Waals surface area contributed by atoms with Crippen molar-refractivity contribution in [1.29, 1.82) is 0 Å². The van der Waals surface area contributed by atoms with E-state index in [1.807, 2.05) is 36.4 Å². The van der Waals surface area contributed by atoms with Crippen molar-refractivity contribution >= 4 is 8.25 Å². The van der Waals surface area contributed by atoms with E-state index < -0.39 is 8.25 Å². The van der Waals surface area contributed by atoms with Crippen molar-refractivity contribution < 1.29 is 22.7 Å². The van der Waals surface area contributed by atoms with Crippen LogP contribution in [-0.2, 0) is 52.4 Å². The molecule has 6 rings (SSSR count). The minimum atomic E-state index is -2.51. The summed E-state index contributed by atoms with van der Waals surface area (Å²) >= 11 is 0. The van der Waals surface area contributed by atoms with Gasteiger partial charge in [0.15, 0.2) is 0 Å². The van der Waals surface area contributed by atoms with E-state index in [1.54, 1.807) is 0 Å². The molecule has 0 fully saturated rings. The molecule has 4 aromatic carbocycles. The van der Waals surface area contributed by atoms with Gasteiger partial charge in [0.05, 0.1) is 13.2 Å². The summed E-state index contributed by atoms with van der Waals surface area (Å²) in [6.45, 7) is 3.68. The lowest BCUT2D eigenvalue weighted by molar-refractivity contribution is 0.220. The molecular weight excluding hydrogens is 723 g/mol. The Balaban J connectivity index is 0.748. The molecule has 0 unspecified atom stereocenters. The van der Waals surface area contributed by atoms with Crippen molar-refractivity contribution in [2.45, 2.75) is 77.3 Å². The lowest BCUT2D eigenvalue weighted by Gasteiger charge is -2.08. The van der Waals surface area contributed by atoms with E-state index in [0.717, 1.165) is 113 Å². The van der Waals surface area contributed by atoms with E-state index in [0.29, 0.717) is 36.6 Å². The monoisotopic (exact) mass is 776 g/mol. The minimum absolute atomic E-state index is 0.379. The number of benzene rings is 4. The van der Waals surface area contributed by atoms with Gasteiger partial charge in [0.2, 0.25) is 23.4 Å². The van der Waals surface area contributed by atoms with E-state index in [-0.39, 0.29) is 0 Å². The van der Waals surface area contributed by atoms with Crippen molar-refractivity contribution in [3.05, 3.63) is 143 Å². The first kappa shape index (κ1) is 40.9. The van der Waals surface area contributed by atoms with E-state index in [2.05, 4.69) is 104 Å². The Kier molecular flexibility index (Phi) is 17.0. The van der Waals surface area contributed by atoms with Gasteiger partial charge < -0.3 is 28.7 Å². The second-order valence-corrected chi connectivity index (χ2v) is 14.9. The molecule has 0 radical (unpaired) electrons. The number of aromatic nitrogens is 4. The average molecular weight is 777 g/mol. The van der Waals surface area contributed by atoms with Gasteiger partial charge in [-0.2, -0.15) is 9.97 Å². The van der Waals surface area contributed by atoms with Gasteiger partial charge in [-0.25, -0.2) is 0 Å². The van der Waals surface area contributed by atoms with Crippen LogP contribution in [0.2, 0.25) is 0 Å². The molecule has 2 aromatic heterocycles. The molecule has 0 atom stereocenters. The third kappa shape index (κ3) is 14.4. The molecule has 0 amide bonds. The van der Waals surface area contributed by atoms with E-state index in [1.165, 1.54) is 11.1 Å². The zero-order valence-corrected chi connectivity index (χ0v) is 33.0. The first-order chi connectivity index (χ1) is 27.7. The predicted molar refractivity (Wildman–Crippen MR) is 219 cm³/mol. The fourth-order valence-corrected chi connectivity index (χ4v) is 6.91. The molecule has 0 saturated heterocycles. The molecule has 2 heterocycles. The normalized spacial score (nSPS) is 11.4. The smallest absolute Gasteiger partial charge is 0.319 e. The van der Waals surface area contributed by atoms with Crippen molar-refractivity contribution in [1.82, 2.24) is 30.9 Å². The number of aryl methyl sites for hydroxylation is 4. The maximum atomic E-state index is 12.2. The van der Waals surface area contributed by atoms with E-state index >= 15 is 0 Å². The van der Waals surface area contributed by atoms with Crippen LogP contribution in [0.4, 0.5) is 0 Å². The summed E-state index contributed by atoms with van der Waals surface area (Å²) in [7, 11) is -2.51. The maximum Gasteiger partial charge on any atom is 0.319 e. The standard InChI is InChI=1S/C44H53N6O5P/c51-56(52-31-11-29-45-33-37-21-25-39(26-22-37)43-47-41(54-49-43)19-9-7-17-35-13-3-1-4-14-35)53-32-12-30-46-34-38-23-27-40(28-24-38)44-48-42(55-50-44)20-10-8-18-36-15-5-2-6-16-36/h1-6,13-16,21-28,45-46,56H,7-12,17-20,29-34H2. The fraction of sp³-hybridized carbons (Fsp3) is 0.364. The zero-order valence-electron chi connectivity index (χ0n) is 32.0. The zero-order chi connectivity index (χ0) is 38.5. The van der Waals surface area contributed by atoms with Crippen LogP contribution in [-0.4, -0.2) is 46.6 Å². The second-order valence-electron chi connectivity index (χ2n) is 13.8. The number of nitrogens with one attached hydrogen (secondary N) is 2. The van der Waals surface area contributed by atoms with Crippen LogP contribution in [0.1, 0.15) is 72.6 Å². The summed E-state index contributed by atoms with van der Waals surface area (Å²) in [5, 5.41) is 15.2. The Morgan fingerprint density at radius 1 is 0.482 bits per heavy atom. The van der Waals surface area contributed by atoms with Gasteiger partial charge >= 0.3 is 8.25 Å². The molecule has 0 aliphatic rings. The largest absolute Gasteiger partial charge is 0.339 e. The summed E-state index contributed by atoms with van der Waals surface area (Å²) in [5.41, 5.74) is 6.89.